The van der Waals surface area contributed by atoms with Gasteiger partial charge < -0.3 is 28.2 Å². The first-order valence-corrected chi connectivity index (χ1v) is 29.0. The smallest absolute Gasteiger partial charge is 0.258 e. The Balaban J connectivity index is 2.16. The van der Waals surface area contributed by atoms with Crippen molar-refractivity contribution in [2.45, 2.75) is 149 Å². The number of methoxy groups -OCH3 is 1. The van der Waals surface area contributed by atoms with E-state index in [9.17, 15) is 4.80 Å². The average Bonchev–Trinajstić information content (AvgIpc) is 3.25. The van der Waals surface area contributed by atoms with Gasteiger partial charge >= 0.3 is 0 Å². The lowest BCUT2D eigenvalue weighted by Crippen LogP contribution is -2.66. The highest BCUT2D eigenvalue weighted by Crippen LogP contribution is 2.46. The lowest BCUT2D eigenvalue weighted by Gasteiger charge is -2.45. The number of hydrogen-bond acceptors (Lipinski definition) is 7. The SMILES string of the molecule is C/C=C(/C)[C@@H](C/C=C(\C)[C@@H](CC(C)(C)[Si](O)(c1ccccc1)c1ccccc1)[C@H](OCCCC)C(C/C=C(/C)COCc1ccc(OC)cc1)OCSC)O[Si](C)(C)C(C)(C)C. The van der Waals surface area contributed by atoms with Crippen molar-refractivity contribution in [1.82, 2.24) is 0 Å². The van der Waals surface area contributed by atoms with E-state index in [1.54, 1.807) is 18.9 Å². The molecule has 0 heterocycles. The van der Waals surface area contributed by atoms with Crippen molar-refractivity contribution >= 4 is 38.8 Å². The zero-order valence-electron chi connectivity index (χ0n) is 40.9. The second kappa shape index (κ2) is 25.7. The van der Waals surface area contributed by atoms with Crippen LogP contribution in [0.5, 0.6) is 5.75 Å². The second-order valence-corrected chi connectivity index (χ2v) is 28.6. The van der Waals surface area contributed by atoms with E-state index in [1.807, 2.05) is 36.4 Å². The lowest BCUT2D eigenvalue weighted by atomic mass is 9.82. The largest absolute Gasteiger partial charge is 0.497 e. The van der Waals surface area contributed by atoms with Gasteiger partial charge in [0, 0.05) is 12.5 Å². The molecular formula is C53H82O6SSi2. The molecule has 9 heteroatoms. The number of allylic oxidation sites excluding steroid dienone is 1. The maximum atomic E-state index is 13.5. The maximum absolute atomic E-state index is 13.5. The summed E-state index contributed by atoms with van der Waals surface area (Å²) in [6.45, 7) is 28.8. The Labute approximate surface area is 384 Å². The molecule has 62 heavy (non-hydrogen) atoms. The van der Waals surface area contributed by atoms with Crippen molar-refractivity contribution in [2.24, 2.45) is 5.92 Å². The van der Waals surface area contributed by atoms with Gasteiger partial charge in [-0.25, -0.2) is 0 Å². The van der Waals surface area contributed by atoms with Crippen LogP contribution in [0.15, 0.2) is 120 Å². The molecule has 4 atom stereocenters. The predicted octanol–water partition coefficient (Wildman–Crippen LogP) is 12.7. The summed E-state index contributed by atoms with van der Waals surface area (Å²) in [4.78, 5) is 13.5. The van der Waals surface area contributed by atoms with Gasteiger partial charge in [-0.05, 0) is 116 Å². The Bertz CT molecular complexity index is 1780. The first-order valence-electron chi connectivity index (χ1n) is 22.7. The number of thioether (sulfide) groups is 1. The minimum atomic E-state index is -3.38. The van der Waals surface area contributed by atoms with Crippen LogP contribution in [0.1, 0.15) is 107 Å². The van der Waals surface area contributed by atoms with Crippen LogP contribution in [-0.2, 0) is 25.2 Å². The Morgan fingerprint density at radius 1 is 0.806 bits per heavy atom. The molecule has 0 bridgehead atoms. The van der Waals surface area contributed by atoms with E-state index in [0.29, 0.717) is 38.6 Å². The summed E-state index contributed by atoms with van der Waals surface area (Å²) in [5, 5.41) is 1.58. The highest BCUT2D eigenvalue weighted by atomic mass is 32.2. The van der Waals surface area contributed by atoms with Crippen LogP contribution in [0.4, 0.5) is 0 Å². The van der Waals surface area contributed by atoms with Gasteiger partial charge in [-0.2, -0.15) is 0 Å². The van der Waals surface area contributed by atoms with Gasteiger partial charge in [-0.15, -0.1) is 11.8 Å². The zero-order chi connectivity index (χ0) is 46.0. The van der Waals surface area contributed by atoms with Gasteiger partial charge in [0.15, 0.2) is 8.32 Å². The maximum Gasteiger partial charge on any atom is 0.258 e. The monoisotopic (exact) mass is 903 g/mol. The third kappa shape index (κ3) is 15.5. The van der Waals surface area contributed by atoms with Gasteiger partial charge in [-0.3, -0.25) is 0 Å². The molecule has 0 saturated carbocycles. The van der Waals surface area contributed by atoms with Crippen molar-refractivity contribution in [3.63, 3.8) is 0 Å². The van der Waals surface area contributed by atoms with Crippen LogP contribution in [0.25, 0.3) is 0 Å². The summed E-state index contributed by atoms with van der Waals surface area (Å²) >= 11 is 1.68. The number of unbranched alkanes of at least 4 members (excludes halogenated alkanes) is 1. The van der Waals surface area contributed by atoms with E-state index in [-0.39, 0.29) is 29.3 Å². The van der Waals surface area contributed by atoms with Crippen LogP contribution in [0.3, 0.4) is 0 Å². The van der Waals surface area contributed by atoms with E-state index in [2.05, 4.69) is 155 Å². The van der Waals surface area contributed by atoms with Gasteiger partial charge in [-0.1, -0.05) is 150 Å². The molecule has 344 valence electrons. The molecule has 0 saturated heterocycles. The van der Waals surface area contributed by atoms with Gasteiger partial charge in [0.05, 0.1) is 44.6 Å². The van der Waals surface area contributed by atoms with Crippen LogP contribution in [-0.4, -0.2) is 72.3 Å². The van der Waals surface area contributed by atoms with Gasteiger partial charge in [0.1, 0.15) is 5.75 Å². The molecular weight excluding hydrogens is 821 g/mol. The number of ether oxygens (including phenoxy) is 4. The Morgan fingerprint density at radius 2 is 1.40 bits per heavy atom. The van der Waals surface area contributed by atoms with Crippen molar-refractivity contribution in [3.05, 3.63) is 125 Å². The molecule has 1 unspecified atom stereocenters. The van der Waals surface area contributed by atoms with Crippen LogP contribution in [0.2, 0.25) is 23.2 Å². The number of hydrogen-bond donors (Lipinski definition) is 1. The van der Waals surface area contributed by atoms with E-state index >= 15 is 0 Å². The van der Waals surface area contributed by atoms with E-state index in [4.69, 9.17) is 23.4 Å². The van der Waals surface area contributed by atoms with Crippen molar-refractivity contribution < 1.29 is 28.2 Å². The van der Waals surface area contributed by atoms with E-state index < -0.39 is 21.7 Å². The Kier molecular flexibility index (Phi) is 22.2. The molecule has 0 aliphatic heterocycles. The van der Waals surface area contributed by atoms with Crippen molar-refractivity contribution in [3.8, 4) is 5.75 Å². The van der Waals surface area contributed by atoms with Crippen LogP contribution >= 0.6 is 11.8 Å². The highest BCUT2D eigenvalue weighted by Gasteiger charge is 2.52. The quantitative estimate of drug-likeness (QED) is 0.0354. The first-order chi connectivity index (χ1) is 29.3. The van der Waals surface area contributed by atoms with Crippen LogP contribution < -0.4 is 15.1 Å². The van der Waals surface area contributed by atoms with Crippen LogP contribution in [0, 0.1) is 5.92 Å². The first kappa shape index (κ1) is 53.6. The molecule has 0 aliphatic rings. The fourth-order valence-electron chi connectivity index (χ4n) is 7.76. The topological polar surface area (TPSA) is 66.4 Å². The predicted molar refractivity (Wildman–Crippen MR) is 271 cm³/mol. The second-order valence-electron chi connectivity index (χ2n) is 19.1. The molecule has 3 rings (SSSR count). The summed E-state index contributed by atoms with van der Waals surface area (Å²) in [5.74, 6) is 1.32. The molecule has 0 fully saturated rings. The Morgan fingerprint density at radius 3 is 1.92 bits per heavy atom. The minimum Gasteiger partial charge on any atom is -0.497 e. The van der Waals surface area contributed by atoms with Crippen molar-refractivity contribution in [2.75, 3.05) is 32.5 Å². The van der Waals surface area contributed by atoms with Crippen molar-refractivity contribution in [1.29, 1.82) is 0 Å². The molecule has 3 aromatic carbocycles. The zero-order valence-corrected chi connectivity index (χ0v) is 43.7. The molecule has 0 amide bonds. The van der Waals surface area contributed by atoms with Gasteiger partial charge in [0.2, 0.25) is 0 Å². The van der Waals surface area contributed by atoms with E-state index in [0.717, 1.165) is 46.5 Å². The summed E-state index contributed by atoms with van der Waals surface area (Å²) in [7, 11) is -3.78. The molecule has 0 aliphatic carbocycles. The molecule has 3 aromatic rings. The Hall–Kier alpha value is -2.74. The molecule has 0 radical (unpaired) electrons. The third-order valence-corrected chi connectivity index (χ3v) is 22.3. The summed E-state index contributed by atoms with van der Waals surface area (Å²) in [6.07, 6.45) is 12.5. The number of rotatable bonds is 27. The molecule has 0 aromatic heterocycles. The molecule has 0 spiro atoms. The standard InChI is InChI=1S/C53H82O6SSi2/c1-15-17-36-57-51(50(58-40-60-12)34-28-41(3)38-56-39-44-30-32-45(55-11)33-31-44)48(43(5)29-35-49(42(4)16-2)59-61(13,14)52(6,7)8)37-53(9,10)62(54,46-24-20-18-21-25-46)47-26-22-19-23-27-47/h16,18-33,48-51,54H,15,17,34-40H2,1-14H3/b41-28-,42-16-,43-29+/t48-,49-,50?,51+/m1/s1. The number of benzene rings is 3. The molecule has 6 nitrogen and oxygen atoms in total. The minimum absolute atomic E-state index is 0.0315. The highest BCUT2D eigenvalue weighted by molar-refractivity contribution is 7.98. The average molecular weight is 903 g/mol. The molecule has 1 N–H and O–H groups in total. The normalized spacial score (nSPS) is 15.6. The summed E-state index contributed by atoms with van der Waals surface area (Å²) in [6, 6.07) is 28.8. The van der Waals surface area contributed by atoms with E-state index in [1.165, 1.54) is 11.1 Å². The van der Waals surface area contributed by atoms with Gasteiger partial charge in [0.25, 0.3) is 8.32 Å². The third-order valence-electron chi connectivity index (χ3n) is 13.0. The fraction of sp³-hybridized carbons (Fsp3) is 0.547. The summed E-state index contributed by atoms with van der Waals surface area (Å²) in [5.41, 5.74) is 4.74. The fourth-order valence-corrected chi connectivity index (χ4v) is 13.2. The lowest BCUT2D eigenvalue weighted by molar-refractivity contribution is -0.0833. The summed E-state index contributed by atoms with van der Waals surface area (Å²) < 4.78 is 32.6.